The quantitative estimate of drug-likeness (QED) is 0.826. The summed E-state index contributed by atoms with van der Waals surface area (Å²) in [6.45, 7) is 0. The van der Waals surface area contributed by atoms with Gasteiger partial charge in [-0.25, -0.2) is 0 Å². The zero-order valence-electron chi connectivity index (χ0n) is 8.05. The third-order valence-corrected chi connectivity index (χ3v) is 3.97. The Morgan fingerprint density at radius 3 is 1.87 bits per heavy atom. The topological polar surface area (TPSA) is 37.3 Å². The van der Waals surface area contributed by atoms with Gasteiger partial charge in [0.25, 0.3) is 0 Å². The van der Waals surface area contributed by atoms with Crippen LogP contribution in [0.15, 0.2) is 54.6 Å². The molecule has 1 unspecified atom stereocenters. The van der Waals surface area contributed by atoms with Crippen molar-refractivity contribution in [1.82, 2.24) is 0 Å². The van der Waals surface area contributed by atoms with Crippen LogP contribution in [0.5, 0.6) is 0 Å². The van der Waals surface area contributed by atoms with Crippen LogP contribution in [0.4, 0.5) is 0 Å². The van der Waals surface area contributed by atoms with Gasteiger partial charge >= 0.3 is 92.8 Å². The molecule has 0 spiro atoms. The first-order chi connectivity index (χ1) is 7.27. The van der Waals surface area contributed by atoms with E-state index in [0.29, 0.717) is 4.35 Å². The molecule has 0 amide bonds. The van der Waals surface area contributed by atoms with E-state index in [0.717, 1.165) is 11.1 Å². The molecule has 0 heterocycles. The Hall–Kier alpha value is -1.24. The molecule has 2 aromatic rings. The Labute approximate surface area is 93.0 Å². The SMILES string of the molecule is O=[AsH](O)c1ccc(-c2ccccc2)cc1. The minimum atomic E-state index is -3.14. The molecule has 0 aromatic heterocycles. The van der Waals surface area contributed by atoms with Gasteiger partial charge in [-0.2, -0.15) is 0 Å². The second-order valence-corrected chi connectivity index (χ2v) is 5.74. The Kier molecular flexibility index (Phi) is 3.10. The van der Waals surface area contributed by atoms with Gasteiger partial charge in [-0.15, -0.1) is 0 Å². The number of benzene rings is 2. The van der Waals surface area contributed by atoms with Crippen molar-refractivity contribution in [3.8, 4) is 11.1 Å². The van der Waals surface area contributed by atoms with Crippen LogP contribution in [0.2, 0.25) is 0 Å². The fourth-order valence-corrected chi connectivity index (χ4v) is 2.38. The van der Waals surface area contributed by atoms with Crippen molar-refractivity contribution in [2.45, 2.75) is 0 Å². The summed E-state index contributed by atoms with van der Waals surface area (Å²) in [5, 5.41) is 0. The van der Waals surface area contributed by atoms with Crippen molar-refractivity contribution in [3.05, 3.63) is 54.6 Å². The number of hydrogen-bond acceptors (Lipinski definition) is 1. The zero-order valence-corrected chi connectivity index (χ0v) is 10.1. The molecule has 0 saturated carbocycles. The summed E-state index contributed by atoms with van der Waals surface area (Å²) in [5.74, 6) is 0. The van der Waals surface area contributed by atoms with Gasteiger partial charge in [0.2, 0.25) is 0 Å². The minimum absolute atomic E-state index is 0.565. The van der Waals surface area contributed by atoms with E-state index in [9.17, 15) is 3.74 Å². The van der Waals surface area contributed by atoms with Gasteiger partial charge in [0, 0.05) is 0 Å². The molecule has 15 heavy (non-hydrogen) atoms. The second-order valence-electron chi connectivity index (χ2n) is 3.25. The fraction of sp³-hybridized carbons (Fsp3) is 0. The monoisotopic (exact) mass is 262 g/mol. The van der Waals surface area contributed by atoms with E-state index in [1.807, 2.05) is 42.5 Å². The first-order valence-electron chi connectivity index (χ1n) is 4.66. The van der Waals surface area contributed by atoms with Crippen LogP contribution < -0.4 is 4.35 Å². The zero-order chi connectivity index (χ0) is 10.7. The van der Waals surface area contributed by atoms with Gasteiger partial charge in [-0.05, 0) is 0 Å². The van der Waals surface area contributed by atoms with Gasteiger partial charge in [-0.1, -0.05) is 0 Å². The van der Waals surface area contributed by atoms with Crippen LogP contribution >= 0.6 is 0 Å². The maximum atomic E-state index is 10.9. The predicted octanol–water partition coefficient (Wildman–Crippen LogP) is 1.20. The standard InChI is InChI=1S/C12H11AsO2/c14-13(15)12-8-6-11(7-9-12)10-4-2-1-3-5-10/h1-9,13H,(H,14,15). The molecule has 0 saturated heterocycles. The van der Waals surface area contributed by atoms with Crippen LogP contribution in [0.25, 0.3) is 11.1 Å². The van der Waals surface area contributed by atoms with Crippen LogP contribution in [-0.2, 0) is 3.74 Å². The first-order valence-corrected chi connectivity index (χ1v) is 7.50. The third-order valence-electron chi connectivity index (χ3n) is 2.24. The molecule has 0 radical (unpaired) electrons. The normalized spacial score (nSPS) is 12.3. The maximum absolute atomic E-state index is 10.9. The van der Waals surface area contributed by atoms with Crippen LogP contribution in [0.1, 0.15) is 0 Å². The molecule has 0 bridgehead atoms. The molecule has 0 aliphatic heterocycles. The molecule has 3 heteroatoms. The molecule has 0 fully saturated rings. The molecule has 0 aliphatic rings. The molecule has 2 aromatic carbocycles. The summed E-state index contributed by atoms with van der Waals surface area (Å²) in [6.07, 6.45) is 0. The third kappa shape index (κ3) is 2.41. The summed E-state index contributed by atoms with van der Waals surface area (Å²) in [7, 11) is 0. The van der Waals surface area contributed by atoms with E-state index in [-0.39, 0.29) is 0 Å². The van der Waals surface area contributed by atoms with E-state index >= 15 is 0 Å². The number of rotatable bonds is 2. The van der Waals surface area contributed by atoms with Crippen LogP contribution in [0, 0.1) is 0 Å². The molecule has 0 aliphatic carbocycles. The van der Waals surface area contributed by atoms with Crippen molar-refractivity contribution in [2.24, 2.45) is 0 Å². The molecule has 2 rings (SSSR count). The second kappa shape index (κ2) is 4.52. The first kappa shape index (κ1) is 10.3. The molecule has 1 N–H and O–H groups in total. The van der Waals surface area contributed by atoms with Gasteiger partial charge < -0.3 is 0 Å². The van der Waals surface area contributed by atoms with E-state index in [1.54, 1.807) is 12.1 Å². The van der Waals surface area contributed by atoms with Crippen LogP contribution in [-0.4, -0.2) is 19.0 Å². The van der Waals surface area contributed by atoms with Gasteiger partial charge in [0.15, 0.2) is 0 Å². The van der Waals surface area contributed by atoms with Crippen LogP contribution in [0.3, 0.4) is 0 Å². The van der Waals surface area contributed by atoms with E-state index in [2.05, 4.69) is 0 Å². The average molecular weight is 262 g/mol. The average Bonchev–Trinajstić information content (AvgIpc) is 2.30. The molecule has 2 nitrogen and oxygen atoms in total. The van der Waals surface area contributed by atoms with Crippen molar-refractivity contribution >= 4 is 19.3 Å². The Morgan fingerprint density at radius 2 is 1.33 bits per heavy atom. The number of hydrogen-bond donors (Lipinski definition) is 1. The van der Waals surface area contributed by atoms with Crippen molar-refractivity contribution in [1.29, 1.82) is 0 Å². The summed E-state index contributed by atoms with van der Waals surface area (Å²) in [4.78, 5) is 0. The van der Waals surface area contributed by atoms with Crippen molar-refractivity contribution in [3.63, 3.8) is 0 Å². The van der Waals surface area contributed by atoms with Gasteiger partial charge in [0.1, 0.15) is 0 Å². The van der Waals surface area contributed by atoms with Crippen molar-refractivity contribution < 1.29 is 7.84 Å². The summed E-state index contributed by atoms with van der Waals surface area (Å²) >= 11 is -3.14. The Balaban J connectivity index is 2.36. The summed E-state index contributed by atoms with van der Waals surface area (Å²) < 4.78 is 20.5. The predicted molar refractivity (Wildman–Crippen MR) is 61.6 cm³/mol. The summed E-state index contributed by atoms with van der Waals surface area (Å²) in [5.41, 5.74) is 2.19. The Bertz CT molecular complexity index is 463. The molecule has 76 valence electrons. The van der Waals surface area contributed by atoms with E-state index in [1.165, 1.54) is 0 Å². The van der Waals surface area contributed by atoms with Gasteiger partial charge in [0.05, 0.1) is 0 Å². The van der Waals surface area contributed by atoms with Gasteiger partial charge in [-0.3, -0.25) is 0 Å². The fourth-order valence-electron chi connectivity index (χ4n) is 1.44. The summed E-state index contributed by atoms with van der Waals surface area (Å²) in [6, 6.07) is 17.2. The molecular weight excluding hydrogens is 251 g/mol. The molecule has 1 atom stereocenters. The van der Waals surface area contributed by atoms with E-state index in [4.69, 9.17) is 4.10 Å². The van der Waals surface area contributed by atoms with E-state index < -0.39 is 14.9 Å². The van der Waals surface area contributed by atoms with Crippen molar-refractivity contribution in [2.75, 3.05) is 0 Å². The molecular formula is C12H11AsO2. The Morgan fingerprint density at radius 1 is 0.800 bits per heavy atom.